The summed E-state index contributed by atoms with van der Waals surface area (Å²) in [7, 11) is 0. The number of aliphatic hydroxyl groups excluding tert-OH is 1. The van der Waals surface area contributed by atoms with Crippen molar-refractivity contribution in [3.63, 3.8) is 0 Å². The number of nitro benzene ring substituents is 1. The number of nitrogens with one attached hydrogen (secondary N) is 3. The van der Waals surface area contributed by atoms with Gasteiger partial charge < -0.3 is 21.1 Å². The first kappa shape index (κ1) is 19.5. The molecule has 0 aromatic heterocycles. The fraction of sp³-hybridized carbons (Fsp3) is 0.235. The number of nitrogens with zero attached hydrogens (tertiary/aromatic N) is 1. The van der Waals surface area contributed by atoms with Crippen LogP contribution in [0.5, 0.6) is 0 Å². The second kappa shape index (κ2) is 9.02. The third kappa shape index (κ3) is 5.33. The Bertz CT molecular complexity index is 813. The first-order chi connectivity index (χ1) is 12.4. The summed E-state index contributed by atoms with van der Waals surface area (Å²) in [5, 5.41) is 28.8. The van der Waals surface area contributed by atoms with Gasteiger partial charge in [0.05, 0.1) is 40.2 Å². The van der Waals surface area contributed by atoms with Gasteiger partial charge in [-0.2, -0.15) is 0 Å². The van der Waals surface area contributed by atoms with E-state index >= 15 is 0 Å². The van der Waals surface area contributed by atoms with Crippen molar-refractivity contribution in [3.05, 3.63) is 57.1 Å². The number of carbonyl (C=O) groups excluding carboxylic acids is 1. The maximum atomic E-state index is 12.1. The van der Waals surface area contributed by atoms with E-state index in [-0.39, 0.29) is 31.3 Å². The normalized spacial score (nSPS) is 10.3. The van der Waals surface area contributed by atoms with E-state index in [0.29, 0.717) is 22.1 Å². The van der Waals surface area contributed by atoms with Crippen LogP contribution in [0.15, 0.2) is 36.4 Å². The van der Waals surface area contributed by atoms with Crippen molar-refractivity contribution in [2.75, 3.05) is 35.6 Å². The fourth-order valence-electron chi connectivity index (χ4n) is 2.23. The van der Waals surface area contributed by atoms with E-state index < -0.39 is 4.92 Å². The van der Waals surface area contributed by atoms with Gasteiger partial charge >= 0.3 is 0 Å². The monoisotopic (exact) mass is 378 g/mol. The second-order valence-corrected chi connectivity index (χ2v) is 5.93. The summed E-state index contributed by atoms with van der Waals surface area (Å²) >= 11 is 6.09. The third-order valence-electron chi connectivity index (χ3n) is 3.48. The minimum atomic E-state index is -0.521. The summed E-state index contributed by atoms with van der Waals surface area (Å²) in [5.41, 5.74) is 2.29. The van der Waals surface area contributed by atoms with Gasteiger partial charge in [-0.25, -0.2) is 0 Å². The van der Waals surface area contributed by atoms with Gasteiger partial charge in [0.15, 0.2) is 0 Å². The lowest BCUT2D eigenvalue weighted by atomic mass is 10.2. The van der Waals surface area contributed by atoms with Crippen LogP contribution in [0.1, 0.15) is 5.56 Å². The van der Waals surface area contributed by atoms with Gasteiger partial charge in [0.1, 0.15) is 0 Å². The molecule has 0 aliphatic heterocycles. The van der Waals surface area contributed by atoms with Crippen LogP contribution in [0.3, 0.4) is 0 Å². The molecular weight excluding hydrogens is 360 g/mol. The first-order valence-electron chi connectivity index (χ1n) is 7.83. The van der Waals surface area contributed by atoms with Crippen LogP contribution >= 0.6 is 11.6 Å². The van der Waals surface area contributed by atoms with Crippen LogP contribution in [0.25, 0.3) is 0 Å². The van der Waals surface area contributed by atoms with Crippen molar-refractivity contribution < 1.29 is 14.8 Å². The first-order valence-corrected chi connectivity index (χ1v) is 8.21. The molecule has 0 saturated heterocycles. The van der Waals surface area contributed by atoms with E-state index in [1.165, 1.54) is 18.2 Å². The smallest absolute Gasteiger partial charge is 0.271 e. The Morgan fingerprint density at radius 3 is 2.54 bits per heavy atom. The number of rotatable bonds is 8. The summed E-state index contributed by atoms with van der Waals surface area (Å²) in [6, 6.07) is 9.46. The molecule has 0 saturated carbocycles. The topological polar surface area (TPSA) is 117 Å². The molecule has 2 aromatic rings. The van der Waals surface area contributed by atoms with Gasteiger partial charge in [0.25, 0.3) is 5.69 Å². The highest BCUT2D eigenvalue weighted by Crippen LogP contribution is 2.27. The Labute approximate surface area is 155 Å². The van der Waals surface area contributed by atoms with E-state index in [2.05, 4.69) is 16.0 Å². The number of benzene rings is 2. The summed E-state index contributed by atoms with van der Waals surface area (Å²) in [6.07, 6.45) is 0. The predicted molar refractivity (Wildman–Crippen MR) is 102 cm³/mol. The molecule has 4 N–H and O–H groups in total. The lowest BCUT2D eigenvalue weighted by molar-refractivity contribution is -0.384. The molecule has 0 heterocycles. The van der Waals surface area contributed by atoms with Crippen LogP contribution in [0, 0.1) is 17.0 Å². The molecule has 0 aliphatic carbocycles. The highest BCUT2D eigenvalue weighted by molar-refractivity contribution is 6.33. The Hall–Kier alpha value is -2.84. The SMILES string of the molecule is Cc1ccc(NC(=O)CNc2cc([N+](=O)[O-])ccc2NCCO)c(Cl)c1. The van der Waals surface area contributed by atoms with Gasteiger partial charge in [-0.05, 0) is 30.7 Å². The molecule has 0 fully saturated rings. The molecular formula is C17H19ClN4O4. The molecule has 9 heteroatoms. The minimum absolute atomic E-state index is 0.0944. The quantitative estimate of drug-likeness (QED) is 0.414. The molecule has 0 atom stereocenters. The third-order valence-corrected chi connectivity index (χ3v) is 3.79. The van der Waals surface area contributed by atoms with E-state index in [4.69, 9.17) is 16.7 Å². The highest BCUT2D eigenvalue weighted by atomic mass is 35.5. The number of anilines is 3. The molecule has 0 aliphatic rings. The predicted octanol–water partition coefficient (Wildman–Crippen LogP) is 3.01. The summed E-state index contributed by atoms with van der Waals surface area (Å²) in [4.78, 5) is 22.6. The van der Waals surface area contributed by atoms with Crippen LogP contribution in [-0.2, 0) is 4.79 Å². The minimum Gasteiger partial charge on any atom is -0.395 e. The molecule has 2 rings (SSSR count). The average molecular weight is 379 g/mol. The number of non-ortho nitro benzene ring substituents is 1. The summed E-state index contributed by atoms with van der Waals surface area (Å²) in [5.74, 6) is -0.352. The van der Waals surface area contributed by atoms with Crippen molar-refractivity contribution in [1.29, 1.82) is 0 Å². The molecule has 8 nitrogen and oxygen atoms in total. The standard InChI is InChI=1S/C17H19ClN4O4/c1-11-2-4-14(13(18)8-11)21-17(24)10-20-16-9-12(22(25)26)3-5-15(16)19-6-7-23/h2-5,8-9,19-20,23H,6-7,10H2,1H3,(H,21,24). The van der Waals surface area contributed by atoms with Crippen molar-refractivity contribution in [1.82, 2.24) is 0 Å². The number of hydrogen-bond acceptors (Lipinski definition) is 6. The van der Waals surface area contributed by atoms with Gasteiger partial charge in [0, 0.05) is 18.7 Å². The number of aryl methyl sites for hydroxylation is 1. The zero-order valence-electron chi connectivity index (χ0n) is 14.1. The van der Waals surface area contributed by atoms with Gasteiger partial charge in [-0.15, -0.1) is 0 Å². The van der Waals surface area contributed by atoms with E-state index in [1.54, 1.807) is 12.1 Å². The molecule has 0 unspecified atom stereocenters. The van der Waals surface area contributed by atoms with E-state index in [1.807, 2.05) is 13.0 Å². The van der Waals surface area contributed by atoms with Gasteiger partial charge in [-0.3, -0.25) is 14.9 Å². The van der Waals surface area contributed by atoms with Crippen LogP contribution in [0.2, 0.25) is 5.02 Å². The largest absolute Gasteiger partial charge is 0.395 e. The number of carbonyl (C=O) groups is 1. The van der Waals surface area contributed by atoms with Gasteiger partial charge in [0.2, 0.25) is 5.91 Å². The maximum absolute atomic E-state index is 12.1. The highest BCUT2D eigenvalue weighted by Gasteiger charge is 2.12. The molecule has 1 amide bonds. The number of nitro groups is 1. The maximum Gasteiger partial charge on any atom is 0.271 e. The average Bonchev–Trinajstić information content (AvgIpc) is 2.60. The van der Waals surface area contributed by atoms with Crippen molar-refractivity contribution >= 4 is 40.3 Å². The second-order valence-electron chi connectivity index (χ2n) is 5.52. The Kier molecular flexibility index (Phi) is 6.76. The van der Waals surface area contributed by atoms with E-state index in [0.717, 1.165) is 5.56 Å². The van der Waals surface area contributed by atoms with Gasteiger partial charge in [-0.1, -0.05) is 17.7 Å². The summed E-state index contributed by atoms with van der Waals surface area (Å²) < 4.78 is 0. The van der Waals surface area contributed by atoms with Crippen molar-refractivity contribution in [2.45, 2.75) is 6.92 Å². The molecule has 0 radical (unpaired) electrons. The fourth-order valence-corrected chi connectivity index (χ4v) is 2.51. The molecule has 0 spiro atoms. The lowest BCUT2D eigenvalue weighted by Crippen LogP contribution is -2.22. The lowest BCUT2D eigenvalue weighted by Gasteiger charge is -2.14. The Morgan fingerprint density at radius 2 is 1.88 bits per heavy atom. The number of amides is 1. The Morgan fingerprint density at radius 1 is 1.15 bits per heavy atom. The molecule has 138 valence electrons. The van der Waals surface area contributed by atoms with Crippen LogP contribution in [-0.4, -0.2) is 35.6 Å². The zero-order chi connectivity index (χ0) is 19.1. The Balaban J connectivity index is 2.07. The van der Waals surface area contributed by atoms with Crippen molar-refractivity contribution in [3.8, 4) is 0 Å². The zero-order valence-corrected chi connectivity index (χ0v) is 14.8. The van der Waals surface area contributed by atoms with Crippen molar-refractivity contribution in [2.24, 2.45) is 0 Å². The molecule has 26 heavy (non-hydrogen) atoms. The number of aliphatic hydroxyl groups is 1. The van der Waals surface area contributed by atoms with Crippen LogP contribution < -0.4 is 16.0 Å². The number of halogens is 1. The van der Waals surface area contributed by atoms with Crippen LogP contribution in [0.4, 0.5) is 22.7 Å². The summed E-state index contributed by atoms with van der Waals surface area (Å²) in [6.45, 7) is 1.96. The number of hydrogen-bond donors (Lipinski definition) is 4. The van der Waals surface area contributed by atoms with E-state index in [9.17, 15) is 14.9 Å². The molecule has 2 aromatic carbocycles. The molecule has 0 bridgehead atoms.